The largest absolute Gasteiger partial charge is 0.366 e. The molecule has 1 aromatic heterocycles. The van der Waals surface area contributed by atoms with Crippen LogP contribution >= 0.6 is 0 Å². The van der Waals surface area contributed by atoms with Crippen molar-refractivity contribution in [3.8, 4) is 6.07 Å². The van der Waals surface area contributed by atoms with Crippen molar-refractivity contribution in [2.45, 2.75) is 13.1 Å². The molecule has 0 unspecified atom stereocenters. The van der Waals surface area contributed by atoms with Gasteiger partial charge in [-0.05, 0) is 37.9 Å². The van der Waals surface area contributed by atoms with Gasteiger partial charge in [-0.1, -0.05) is 12.1 Å². The number of hydrogen-bond acceptors (Lipinski definition) is 4. The lowest BCUT2D eigenvalue weighted by molar-refractivity contribution is 0.392. The first kappa shape index (κ1) is 14.9. The first-order valence-electron chi connectivity index (χ1n) is 6.60. The van der Waals surface area contributed by atoms with Crippen molar-refractivity contribution in [1.82, 2.24) is 9.88 Å². The van der Waals surface area contributed by atoms with Crippen LogP contribution in [0.25, 0.3) is 0 Å². The minimum Gasteiger partial charge on any atom is -0.366 e. The number of nitriles is 1. The van der Waals surface area contributed by atoms with Crippen molar-refractivity contribution in [3.63, 3.8) is 0 Å². The van der Waals surface area contributed by atoms with E-state index in [4.69, 9.17) is 5.26 Å². The highest BCUT2D eigenvalue weighted by atomic mass is 19.1. The van der Waals surface area contributed by atoms with Gasteiger partial charge in [0.05, 0.1) is 5.56 Å². The fraction of sp³-hybridized carbons (Fsp3) is 0.250. The highest BCUT2D eigenvalue weighted by molar-refractivity contribution is 5.40. The molecule has 5 heteroatoms. The third-order valence-corrected chi connectivity index (χ3v) is 2.97. The van der Waals surface area contributed by atoms with Gasteiger partial charge < -0.3 is 10.2 Å². The number of rotatable bonds is 5. The van der Waals surface area contributed by atoms with Crippen molar-refractivity contribution in [2.24, 2.45) is 0 Å². The lowest BCUT2D eigenvalue weighted by Crippen LogP contribution is -2.12. The minimum atomic E-state index is -0.198. The molecule has 0 amide bonds. The first-order valence-corrected chi connectivity index (χ1v) is 6.60. The van der Waals surface area contributed by atoms with Crippen LogP contribution in [0.3, 0.4) is 0 Å². The van der Waals surface area contributed by atoms with Crippen LogP contribution in [0, 0.1) is 17.1 Å². The zero-order valence-corrected chi connectivity index (χ0v) is 12.1. The Labute approximate surface area is 123 Å². The fourth-order valence-electron chi connectivity index (χ4n) is 1.93. The quantitative estimate of drug-likeness (QED) is 0.917. The molecule has 0 bridgehead atoms. The Bertz CT molecular complexity index is 644. The molecular weight excluding hydrogens is 267 g/mol. The Morgan fingerprint density at radius 2 is 2.10 bits per heavy atom. The summed E-state index contributed by atoms with van der Waals surface area (Å²) in [5, 5.41) is 11.8. The summed E-state index contributed by atoms with van der Waals surface area (Å²) in [5.74, 6) is 0.461. The van der Waals surface area contributed by atoms with Crippen LogP contribution in [0.1, 0.15) is 16.7 Å². The van der Waals surface area contributed by atoms with E-state index in [0.29, 0.717) is 30.0 Å². The zero-order chi connectivity index (χ0) is 15.2. The molecule has 0 saturated carbocycles. The molecule has 21 heavy (non-hydrogen) atoms. The van der Waals surface area contributed by atoms with Crippen LogP contribution in [0.2, 0.25) is 0 Å². The summed E-state index contributed by atoms with van der Waals surface area (Å²) in [6.45, 7) is 1.06. The van der Waals surface area contributed by atoms with Crippen LogP contribution in [0.4, 0.5) is 10.2 Å². The number of benzene rings is 1. The first-order chi connectivity index (χ1) is 10.1. The molecule has 2 rings (SSSR count). The lowest BCUT2D eigenvalue weighted by atomic mass is 10.1. The standard InChI is InChI=1S/C16H17FN4/c1-21(2)11-14-5-3-12(7-15(14)17)9-19-16-6-4-13(8-18)10-20-16/h3-7,10H,9,11H2,1-2H3,(H,19,20). The van der Waals surface area contributed by atoms with Gasteiger partial charge in [0.2, 0.25) is 0 Å². The molecule has 1 N–H and O–H groups in total. The van der Waals surface area contributed by atoms with Gasteiger partial charge in [-0.15, -0.1) is 0 Å². The molecule has 0 radical (unpaired) electrons. The van der Waals surface area contributed by atoms with Gasteiger partial charge in [0, 0.05) is 24.8 Å². The van der Waals surface area contributed by atoms with Crippen molar-refractivity contribution in [1.29, 1.82) is 5.26 Å². The molecule has 0 saturated heterocycles. The second kappa shape index (κ2) is 6.82. The van der Waals surface area contributed by atoms with Crippen LogP contribution < -0.4 is 5.32 Å². The normalized spacial score (nSPS) is 10.4. The van der Waals surface area contributed by atoms with E-state index in [-0.39, 0.29) is 5.82 Å². The van der Waals surface area contributed by atoms with Crippen LogP contribution in [-0.2, 0) is 13.1 Å². The molecule has 1 heterocycles. The van der Waals surface area contributed by atoms with Gasteiger partial charge in [0.15, 0.2) is 0 Å². The van der Waals surface area contributed by atoms with Gasteiger partial charge in [-0.3, -0.25) is 0 Å². The maximum Gasteiger partial charge on any atom is 0.128 e. The Kier molecular flexibility index (Phi) is 4.85. The van der Waals surface area contributed by atoms with Crippen molar-refractivity contribution in [2.75, 3.05) is 19.4 Å². The number of anilines is 1. The zero-order valence-electron chi connectivity index (χ0n) is 12.1. The number of pyridine rings is 1. The summed E-state index contributed by atoms with van der Waals surface area (Å²) in [7, 11) is 3.82. The Morgan fingerprint density at radius 1 is 1.29 bits per heavy atom. The molecule has 0 aliphatic heterocycles. The molecule has 4 nitrogen and oxygen atoms in total. The minimum absolute atomic E-state index is 0.198. The van der Waals surface area contributed by atoms with E-state index in [0.717, 1.165) is 5.56 Å². The number of aromatic nitrogens is 1. The Balaban J connectivity index is 2.00. The van der Waals surface area contributed by atoms with Crippen molar-refractivity contribution < 1.29 is 4.39 Å². The second-order valence-electron chi connectivity index (χ2n) is 5.06. The van der Waals surface area contributed by atoms with Crippen molar-refractivity contribution in [3.05, 3.63) is 59.0 Å². The predicted octanol–water partition coefficient (Wildman–Crippen LogP) is 2.77. The van der Waals surface area contributed by atoms with E-state index in [1.165, 1.54) is 12.3 Å². The maximum absolute atomic E-state index is 13.9. The smallest absolute Gasteiger partial charge is 0.128 e. The number of hydrogen-bond donors (Lipinski definition) is 1. The Morgan fingerprint density at radius 3 is 2.67 bits per heavy atom. The molecule has 1 aromatic carbocycles. The molecule has 0 fully saturated rings. The molecule has 0 aliphatic rings. The monoisotopic (exact) mass is 284 g/mol. The average molecular weight is 284 g/mol. The van der Waals surface area contributed by atoms with E-state index in [9.17, 15) is 4.39 Å². The van der Waals surface area contributed by atoms with Gasteiger partial charge in [-0.2, -0.15) is 5.26 Å². The summed E-state index contributed by atoms with van der Waals surface area (Å²) in [6, 6.07) is 10.7. The average Bonchev–Trinajstić information content (AvgIpc) is 2.48. The summed E-state index contributed by atoms with van der Waals surface area (Å²) in [5.41, 5.74) is 2.04. The highest BCUT2D eigenvalue weighted by Crippen LogP contribution is 2.13. The summed E-state index contributed by atoms with van der Waals surface area (Å²) < 4.78 is 13.9. The van der Waals surface area contributed by atoms with Crippen LogP contribution in [-0.4, -0.2) is 24.0 Å². The lowest BCUT2D eigenvalue weighted by Gasteiger charge is -2.12. The molecule has 0 spiro atoms. The van der Waals surface area contributed by atoms with E-state index < -0.39 is 0 Å². The predicted molar refractivity (Wildman–Crippen MR) is 80.1 cm³/mol. The molecular formula is C16H17FN4. The molecule has 0 aliphatic carbocycles. The fourth-order valence-corrected chi connectivity index (χ4v) is 1.93. The summed E-state index contributed by atoms with van der Waals surface area (Å²) in [4.78, 5) is 6.04. The number of nitrogens with zero attached hydrogens (tertiary/aromatic N) is 3. The topological polar surface area (TPSA) is 52.0 Å². The second-order valence-corrected chi connectivity index (χ2v) is 5.06. The van der Waals surface area contributed by atoms with Gasteiger partial charge in [0.1, 0.15) is 17.7 Å². The number of nitrogens with one attached hydrogen (secondary N) is 1. The van der Waals surface area contributed by atoms with Gasteiger partial charge in [0.25, 0.3) is 0 Å². The van der Waals surface area contributed by atoms with Crippen molar-refractivity contribution >= 4 is 5.82 Å². The molecule has 108 valence electrons. The molecule has 0 atom stereocenters. The van der Waals surface area contributed by atoms with E-state index in [1.54, 1.807) is 18.2 Å². The Hall–Kier alpha value is -2.45. The van der Waals surface area contributed by atoms with Crippen LogP contribution in [0.15, 0.2) is 36.5 Å². The summed E-state index contributed by atoms with van der Waals surface area (Å²) in [6.07, 6.45) is 1.50. The molecule has 2 aromatic rings. The van der Waals surface area contributed by atoms with Gasteiger partial charge in [-0.25, -0.2) is 9.37 Å². The van der Waals surface area contributed by atoms with E-state index >= 15 is 0 Å². The highest BCUT2D eigenvalue weighted by Gasteiger charge is 2.05. The van der Waals surface area contributed by atoms with Crippen LogP contribution in [0.5, 0.6) is 0 Å². The SMILES string of the molecule is CN(C)Cc1ccc(CNc2ccc(C#N)cn2)cc1F. The van der Waals surface area contributed by atoms with E-state index in [2.05, 4.69) is 10.3 Å². The summed E-state index contributed by atoms with van der Waals surface area (Å²) >= 11 is 0. The number of halogens is 1. The van der Waals surface area contributed by atoms with E-state index in [1.807, 2.05) is 31.1 Å². The third-order valence-electron chi connectivity index (χ3n) is 2.97. The third kappa shape index (κ3) is 4.26. The van der Waals surface area contributed by atoms with Gasteiger partial charge >= 0.3 is 0 Å². The maximum atomic E-state index is 13.9.